The van der Waals surface area contributed by atoms with E-state index in [-0.39, 0.29) is 0 Å². The van der Waals surface area contributed by atoms with Crippen molar-refractivity contribution in [1.29, 1.82) is 0 Å². The Kier molecular flexibility index (Phi) is 3.81. The SMILES string of the molecule is CCC1Cc2c(Br)cccc2C1O[Si](C)(C)C. The summed E-state index contributed by atoms with van der Waals surface area (Å²) in [5, 5.41) is 0. The Balaban J connectivity index is 2.34. The van der Waals surface area contributed by atoms with Crippen LogP contribution in [0.1, 0.15) is 30.6 Å². The summed E-state index contributed by atoms with van der Waals surface area (Å²) < 4.78 is 7.65. The standard InChI is InChI=1S/C14H21BrOSi/c1-5-10-9-12-11(7-6-8-13(12)15)14(10)16-17(2,3)4/h6-8,10,14H,5,9H2,1-4H3. The Morgan fingerprint density at radius 2 is 2.06 bits per heavy atom. The smallest absolute Gasteiger partial charge is 0.184 e. The van der Waals surface area contributed by atoms with Crippen molar-refractivity contribution < 1.29 is 4.43 Å². The predicted molar refractivity (Wildman–Crippen MR) is 78.8 cm³/mol. The maximum Gasteiger partial charge on any atom is 0.184 e. The third kappa shape index (κ3) is 2.83. The molecule has 0 spiro atoms. The monoisotopic (exact) mass is 312 g/mol. The third-order valence-corrected chi connectivity index (χ3v) is 5.06. The lowest BCUT2D eigenvalue weighted by atomic mass is 10.0. The van der Waals surface area contributed by atoms with E-state index in [1.807, 2.05) is 0 Å². The molecule has 17 heavy (non-hydrogen) atoms. The van der Waals surface area contributed by atoms with Crippen LogP contribution in [-0.4, -0.2) is 8.32 Å². The van der Waals surface area contributed by atoms with Gasteiger partial charge in [0.25, 0.3) is 0 Å². The molecule has 0 saturated heterocycles. The van der Waals surface area contributed by atoms with E-state index in [0.717, 1.165) is 6.42 Å². The van der Waals surface area contributed by atoms with Gasteiger partial charge in [0.05, 0.1) is 6.10 Å². The highest BCUT2D eigenvalue weighted by Gasteiger charge is 2.35. The van der Waals surface area contributed by atoms with Crippen LogP contribution in [0.4, 0.5) is 0 Å². The highest BCUT2D eigenvalue weighted by atomic mass is 79.9. The number of rotatable bonds is 3. The van der Waals surface area contributed by atoms with Gasteiger partial charge in [0.15, 0.2) is 8.32 Å². The fraction of sp³-hybridized carbons (Fsp3) is 0.571. The lowest BCUT2D eigenvalue weighted by molar-refractivity contribution is 0.139. The van der Waals surface area contributed by atoms with Gasteiger partial charge in [-0.05, 0) is 49.2 Å². The van der Waals surface area contributed by atoms with Gasteiger partial charge in [-0.3, -0.25) is 0 Å². The maximum absolute atomic E-state index is 6.40. The zero-order valence-corrected chi connectivity index (χ0v) is 13.7. The molecule has 1 aromatic carbocycles. The fourth-order valence-electron chi connectivity index (χ4n) is 2.58. The third-order valence-electron chi connectivity index (χ3n) is 3.36. The van der Waals surface area contributed by atoms with Gasteiger partial charge in [0.1, 0.15) is 0 Å². The van der Waals surface area contributed by atoms with Crippen molar-refractivity contribution in [2.24, 2.45) is 5.92 Å². The van der Waals surface area contributed by atoms with Crippen molar-refractivity contribution in [1.82, 2.24) is 0 Å². The molecule has 3 heteroatoms. The Morgan fingerprint density at radius 3 is 2.65 bits per heavy atom. The number of halogens is 1. The van der Waals surface area contributed by atoms with Gasteiger partial charge < -0.3 is 4.43 Å². The van der Waals surface area contributed by atoms with Crippen molar-refractivity contribution in [3.63, 3.8) is 0 Å². The molecule has 0 bridgehead atoms. The summed E-state index contributed by atoms with van der Waals surface area (Å²) in [6, 6.07) is 6.50. The van der Waals surface area contributed by atoms with Gasteiger partial charge in [-0.25, -0.2) is 0 Å². The first-order chi connectivity index (χ1) is 7.92. The minimum atomic E-state index is -1.48. The molecule has 1 aliphatic carbocycles. The van der Waals surface area contributed by atoms with Crippen LogP contribution in [-0.2, 0) is 10.8 Å². The normalized spacial score (nSPS) is 23.8. The van der Waals surface area contributed by atoms with Crippen LogP contribution in [0.15, 0.2) is 22.7 Å². The predicted octanol–water partition coefficient (Wildman–Crippen LogP) is 4.92. The highest BCUT2D eigenvalue weighted by molar-refractivity contribution is 9.10. The summed E-state index contributed by atoms with van der Waals surface area (Å²) in [5.41, 5.74) is 2.87. The fourth-order valence-corrected chi connectivity index (χ4v) is 4.20. The van der Waals surface area contributed by atoms with Gasteiger partial charge in [-0.1, -0.05) is 41.4 Å². The first-order valence-corrected chi connectivity index (χ1v) is 10.6. The molecule has 0 saturated carbocycles. The molecule has 0 fully saturated rings. The summed E-state index contributed by atoms with van der Waals surface area (Å²) in [6.45, 7) is 9.09. The molecule has 2 rings (SSSR count). The van der Waals surface area contributed by atoms with Crippen molar-refractivity contribution in [3.05, 3.63) is 33.8 Å². The number of fused-ring (bicyclic) bond motifs is 1. The van der Waals surface area contributed by atoms with Crippen LogP contribution < -0.4 is 0 Å². The van der Waals surface area contributed by atoms with Crippen LogP contribution in [0, 0.1) is 5.92 Å². The Hall–Kier alpha value is -0.123. The molecule has 0 heterocycles. The van der Waals surface area contributed by atoms with E-state index in [1.54, 1.807) is 0 Å². The van der Waals surface area contributed by atoms with Crippen molar-refractivity contribution in [2.45, 2.75) is 45.5 Å². The lowest BCUT2D eigenvalue weighted by Crippen LogP contribution is -2.29. The second-order valence-corrected chi connectivity index (χ2v) is 11.1. The zero-order valence-electron chi connectivity index (χ0n) is 11.1. The van der Waals surface area contributed by atoms with Crippen LogP contribution in [0.2, 0.25) is 19.6 Å². The molecule has 94 valence electrons. The molecule has 2 atom stereocenters. The van der Waals surface area contributed by atoms with E-state index in [2.05, 4.69) is 60.7 Å². The lowest BCUT2D eigenvalue weighted by Gasteiger charge is -2.28. The maximum atomic E-state index is 6.40. The summed E-state index contributed by atoms with van der Waals surface area (Å²) in [4.78, 5) is 0. The molecule has 0 amide bonds. The minimum absolute atomic E-state index is 0.319. The number of benzene rings is 1. The molecule has 0 radical (unpaired) electrons. The van der Waals surface area contributed by atoms with Crippen molar-refractivity contribution in [3.8, 4) is 0 Å². The molecule has 0 N–H and O–H groups in total. The quantitative estimate of drug-likeness (QED) is 0.719. The Labute approximate surface area is 114 Å². The molecule has 0 aliphatic heterocycles. The largest absolute Gasteiger partial charge is 0.410 e. The Morgan fingerprint density at radius 1 is 1.35 bits per heavy atom. The number of hydrogen-bond acceptors (Lipinski definition) is 1. The minimum Gasteiger partial charge on any atom is -0.410 e. The van der Waals surface area contributed by atoms with E-state index >= 15 is 0 Å². The molecular weight excluding hydrogens is 292 g/mol. The van der Waals surface area contributed by atoms with Gasteiger partial charge >= 0.3 is 0 Å². The van der Waals surface area contributed by atoms with E-state index < -0.39 is 8.32 Å². The topological polar surface area (TPSA) is 9.23 Å². The van der Waals surface area contributed by atoms with Gasteiger partial charge in [-0.15, -0.1) is 0 Å². The van der Waals surface area contributed by atoms with Crippen LogP contribution in [0.3, 0.4) is 0 Å². The Bertz CT molecular complexity index is 411. The van der Waals surface area contributed by atoms with E-state index in [4.69, 9.17) is 4.43 Å². The van der Waals surface area contributed by atoms with Gasteiger partial charge in [-0.2, -0.15) is 0 Å². The summed E-state index contributed by atoms with van der Waals surface area (Å²) in [6.07, 6.45) is 2.66. The molecule has 1 aliphatic rings. The second-order valence-electron chi connectivity index (χ2n) is 5.83. The average Bonchev–Trinajstić information content (AvgIpc) is 2.56. The summed E-state index contributed by atoms with van der Waals surface area (Å²) in [5.74, 6) is 0.649. The van der Waals surface area contributed by atoms with Crippen LogP contribution >= 0.6 is 15.9 Å². The summed E-state index contributed by atoms with van der Waals surface area (Å²) in [7, 11) is -1.48. The van der Waals surface area contributed by atoms with Crippen molar-refractivity contribution in [2.75, 3.05) is 0 Å². The zero-order chi connectivity index (χ0) is 12.6. The molecule has 1 nitrogen and oxygen atoms in total. The van der Waals surface area contributed by atoms with Gasteiger partial charge in [0.2, 0.25) is 0 Å². The molecular formula is C14H21BrOSi. The number of hydrogen-bond donors (Lipinski definition) is 0. The molecule has 0 aromatic heterocycles. The van der Waals surface area contributed by atoms with Crippen LogP contribution in [0.5, 0.6) is 0 Å². The van der Waals surface area contributed by atoms with Crippen molar-refractivity contribution >= 4 is 24.2 Å². The highest BCUT2D eigenvalue weighted by Crippen LogP contribution is 2.44. The molecule has 1 aromatic rings. The second kappa shape index (κ2) is 4.86. The first-order valence-electron chi connectivity index (χ1n) is 6.37. The summed E-state index contributed by atoms with van der Waals surface area (Å²) >= 11 is 3.67. The van der Waals surface area contributed by atoms with E-state index in [9.17, 15) is 0 Å². The van der Waals surface area contributed by atoms with E-state index in [0.29, 0.717) is 12.0 Å². The van der Waals surface area contributed by atoms with E-state index in [1.165, 1.54) is 22.0 Å². The average molecular weight is 313 g/mol. The molecule has 2 unspecified atom stereocenters. The van der Waals surface area contributed by atoms with Gasteiger partial charge in [0, 0.05) is 4.47 Å². The first kappa shape index (κ1) is 13.3. The van der Waals surface area contributed by atoms with Crippen LogP contribution in [0.25, 0.3) is 0 Å².